The number of nitrogens with one attached hydrogen (secondary N) is 4. The molecule has 4 N–H and O–H groups in total. The Hall–Kier alpha value is -2.18. The topological polar surface area (TPSA) is 48.1 Å². The summed E-state index contributed by atoms with van der Waals surface area (Å²) in [4.78, 5) is 0. The minimum absolute atomic E-state index is 0.253. The van der Waals surface area contributed by atoms with Gasteiger partial charge in [-0.3, -0.25) is 0 Å². The van der Waals surface area contributed by atoms with Crippen molar-refractivity contribution >= 4 is 46.0 Å². The number of anilines is 2. The van der Waals surface area contributed by atoms with Crippen molar-refractivity contribution in [1.29, 1.82) is 0 Å². The Morgan fingerprint density at radius 2 is 1.04 bits per heavy atom. The van der Waals surface area contributed by atoms with E-state index in [4.69, 9.17) is 24.4 Å². The van der Waals surface area contributed by atoms with Gasteiger partial charge in [0.25, 0.3) is 0 Å². The first kappa shape index (κ1) is 18.6. The average molecular weight is 385 g/mol. The Morgan fingerprint density at radius 1 is 0.654 bits per heavy atom. The van der Waals surface area contributed by atoms with Gasteiger partial charge >= 0.3 is 0 Å². The highest BCUT2D eigenvalue weighted by Crippen LogP contribution is 2.19. The lowest BCUT2D eigenvalue weighted by Gasteiger charge is -2.34. The fourth-order valence-corrected chi connectivity index (χ4v) is 3.73. The molecule has 0 aliphatic heterocycles. The molecule has 2 aromatic rings. The van der Waals surface area contributed by atoms with E-state index in [1.54, 1.807) is 0 Å². The Morgan fingerprint density at radius 3 is 1.42 bits per heavy atom. The highest BCUT2D eigenvalue weighted by atomic mass is 32.1. The van der Waals surface area contributed by atoms with Crippen molar-refractivity contribution in [1.82, 2.24) is 10.6 Å². The van der Waals surface area contributed by atoms with E-state index < -0.39 is 0 Å². The molecule has 0 saturated heterocycles. The molecular formula is C20H24N4S2. The fourth-order valence-electron chi connectivity index (χ4n) is 3.19. The molecule has 26 heavy (non-hydrogen) atoms. The van der Waals surface area contributed by atoms with Crippen LogP contribution in [0.2, 0.25) is 0 Å². The van der Waals surface area contributed by atoms with Crippen LogP contribution in [0.25, 0.3) is 0 Å². The van der Waals surface area contributed by atoms with Crippen molar-refractivity contribution in [2.75, 3.05) is 10.6 Å². The van der Waals surface area contributed by atoms with Crippen LogP contribution in [0.4, 0.5) is 11.4 Å². The number of hydrogen-bond donors (Lipinski definition) is 4. The molecule has 0 radical (unpaired) electrons. The summed E-state index contributed by atoms with van der Waals surface area (Å²) in [5.41, 5.74) is 1.98. The molecule has 2 aromatic carbocycles. The summed E-state index contributed by atoms with van der Waals surface area (Å²) in [6, 6.07) is 20.5. The third kappa shape index (κ3) is 5.68. The van der Waals surface area contributed by atoms with Gasteiger partial charge in [0.05, 0.1) is 0 Å². The lowest BCUT2D eigenvalue weighted by molar-refractivity contribution is 0.340. The van der Waals surface area contributed by atoms with E-state index in [1.165, 1.54) is 12.8 Å². The van der Waals surface area contributed by atoms with Gasteiger partial charge in [0.2, 0.25) is 0 Å². The molecule has 0 spiro atoms. The van der Waals surface area contributed by atoms with Gasteiger partial charge < -0.3 is 21.3 Å². The molecule has 0 unspecified atom stereocenters. The summed E-state index contributed by atoms with van der Waals surface area (Å²) in [6.45, 7) is 0. The van der Waals surface area contributed by atoms with Crippen LogP contribution in [0.5, 0.6) is 0 Å². The second kappa shape index (κ2) is 9.50. The molecule has 6 heteroatoms. The maximum atomic E-state index is 5.49. The molecule has 1 aliphatic carbocycles. The van der Waals surface area contributed by atoms with E-state index in [0.29, 0.717) is 10.2 Å². The standard InChI is InChI=1S/C20H24N4S2/c25-19(21-15-9-3-1-4-10-15)23-17-13-7-8-14-18(17)24-20(26)22-16-11-5-2-6-12-16/h1-6,9-12,17-18H,7-8,13-14H2,(H2,21,23,25)(H2,22,24,26)/t17-,18-/m1/s1. The van der Waals surface area contributed by atoms with Crippen molar-refractivity contribution in [3.8, 4) is 0 Å². The molecule has 2 atom stereocenters. The van der Waals surface area contributed by atoms with Crippen LogP contribution in [0.1, 0.15) is 25.7 Å². The van der Waals surface area contributed by atoms with E-state index in [0.717, 1.165) is 24.2 Å². The molecule has 1 saturated carbocycles. The zero-order chi connectivity index (χ0) is 18.2. The summed E-state index contributed by atoms with van der Waals surface area (Å²) in [5, 5.41) is 14.7. The summed E-state index contributed by atoms with van der Waals surface area (Å²) < 4.78 is 0. The quantitative estimate of drug-likeness (QED) is 0.591. The number of thiocarbonyl (C=S) groups is 2. The Kier molecular flexibility index (Phi) is 6.80. The smallest absolute Gasteiger partial charge is 0.171 e. The average Bonchev–Trinajstić information content (AvgIpc) is 2.65. The molecule has 0 aromatic heterocycles. The third-order valence-electron chi connectivity index (χ3n) is 4.46. The largest absolute Gasteiger partial charge is 0.358 e. The SMILES string of the molecule is S=C(Nc1ccccc1)N[C@@H]1CCCC[C@H]1NC(=S)Nc1ccccc1. The van der Waals surface area contributed by atoms with Gasteiger partial charge in [-0.1, -0.05) is 49.2 Å². The van der Waals surface area contributed by atoms with Gasteiger partial charge in [0.15, 0.2) is 10.2 Å². The normalized spacial score (nSPS) is 19.2. The van der Waals surface area contributed by atoms with Gasteiger partial charge in [-0.15, -0.1) is 0 Å². The first-order valence-electron chi connectivity index (χ1n) is 8.96. The van der Waals surface area contributed by atoms with Gasteiger partial charge in [-0.2, -0.15) is 0 Å². The summed E-state index contributed by atoms with van der Waals surface area (Å²) in [5.74, 6) is 0. The second-order valence-corrected chi connectivity index (χ2v) is 7.24. The minimum Gasteiger partial charge on any atom is -0.358 e. The zero-order valence-corrected chi connectivity index (χ0v) is 16.2. The molecule has 136 valence electrons. The summed E-state index contributed by atoms with van der Waals surface area (Å²) in [7, 11) is 0. The van der Waals surface area contributed by atoms with E-state index in [1.807, 2.05) is 60.7 Å². The molecule has 0 heterocycles. The van der Waals surface area contributed by atoms with Gasteiger partial charge in [-0.25, -0.2) is 0 Å². The third-order valence-corrected chi connectivity index (χ3v) is 4.90. The number of hydrogen-bond acceptors (Lipinski definition) is 2. The molecule has 0 bridgehead atoms. The van der Waals surface area contributed by atoms with Crippen molar-refractivity contribution in [2.24, 2.45) is 0 Å². The number of para-hydroxylation sites is 2. The van der Waals surface area contributed by atoms with Gasteiger partial charge in [0.1, 0.15) is 0 Å². The Bertz CT molecular complexity index is 658. The lowest BCUT2D eigenvalue weighted by Crippen LogP contribution is -2.54. The van der Waals surface area contributed by atoms with Crippen LogP contribution in [-0.4, -0.2) is 22.3 Å². The zero-order valence-electron chi connectivity index (χ0n) is 14.6. The highest BCUT2D eigenvalue weighted by molar-refractivity contribution is 7.80. The highest BCUT2D eigenvalue weighted by Gasteiger charge is 2.26. The van der Waals surface area contributed by atoms with E-state index in [-0.39, 0.29) is 12.1 Å². The monoisotopic (exact) mass is 384 g/mol. The van der Waals surface area contributed by atoms with Crippen LogP contribution in [0.15, 0.2) is 60.7 Å². The summed E-state index contributed by atoms with van der Waals surface area (Å²) in [6.07, 6.45) is 4.54. The van der Waals surface area contributed by atoms with Crippen molar-refractivity contribution in [3.05, 3.63) is 60.7 Å². The van der Waals surface area contributed by atoms with Crippen molar-refractivity contribution in [2.45, 2.75) is 37.8 Å². The van der Waals surface area contributed by atoms with Crippen molar-refractivity contribution < 1.29 is 0 Å². The maximum absolute atomic E-state index is 5.49. The van der Waals surface area contributed by atoms with Crippen LogP contribution in [0.3, 0.4) is 0 Å². The fraction of sp³-hybridized carbons (Fsp3) is 0.300. The molecule has 1 aliphatic rings. The predicted molar refractivity (Wildman–Crippen MR) is 118 cm³/mol. The van der Waals surface area contributed by atoms with Crippen molar-refractivity contribution in [3.63, 3.8) is 0 Å². The van der Waals surface area contributed by atoms with E-state index in [9.17, 15) is 0 Å². The molecule has 4 nitrogen and oxygen atoms in total. The first-order valence-corrected chi connectivity index (χ1v) is 9.77. The second-order valence-electron chi connectivity index (χ2n) is 6.43. The molecule has 0 amide bonds. The summed E-state index contributed by atoms with van der Waals surface area (Å²) >= 11 is 11.0. The minimum atomic E-state index is 0.253. The molecule has 1 fully saturated rings. The predicted octanol–water partition coefficient (Wildman–Crippen LogP) is 4.27. The maximum Gasteiger partial charge on any atom is 0.171 e. The van der Waals surface area contributed by atoms with Gasteiger partial charge in [0, 0.05) is 23.5 Å². The Labute approximate surface area is 165 Å². The van der Waals surface area contributed by atoms with E-state index in [2.05, 4.69) is 21.3 Å². The van der Waals surface area contributed by atoms with Crippen LogP contribution < -0.4 is 21.3 Å². The molecular weight excluding hydrogens is 360 g/mol. The molecule has 3 rings (SSSR count). The number of rotatable bonds is 4. The van der Waals surface area contributed by atoms with Gasteiger partial charge in [-0.05, 0) is 61.5 Å². The Balaban J connectivity index is 1.53. The first-order chi connectivity index (χ1) is 12.7. The van der Waals surface area contributed by atoms with Crippen LogP contribution >= 0.6 is 24.4 Å². The van der Waals surface area contributed by atoms with E-state index >= 15 is 0 Å². The lowest BCUT2D eigenvalue weighted by atomic mass is 9.90. The van der Waals surface area contributed by atoms with Crippen LogP contribution in [0, 0.1) is 0 Å². The number of benzene rings is 2. The van der Waals surface area contributed by atoms with Crippen LogP contribution in [-0.2, 0) is 0 Å².